The number of hydrogen-bond donors (Lipinski definition) is 3. The van der Waals surface area contributed by atoms with Crippen LogP contribution < -0.4 is 11.1 Å². The molecule has 0 bridgehead atoms. The molecule has 5 heteroatoms. The third-order valence-corrected chi connectivity index (χ3v) is 3.07. The number of nitrogens with one attached hydrogen (secondary N) is 2. The van der Waals surface area contributed by atoms with Gasteiger partial charge < -0.3 is 11.1 Å². The van der Waals surface area contributed by atoms with Crippen LogP contribution in [0.25, 0.3) is 10.9 Å². The largest absolute Gasteiger partial charge is 0.399 e. The van der Waals surface area contributed by atoms with E-state index in [1.54, 1.807) is 18.3 Å². The summed E-state index contributed by atoms with van der Waals surface area (Å²) in [4.78, 5) is 12.0. The van der Waals surface area contributed by atoms with Crippen molar-refractivity contribution >= 4 is 28.2 Å². The molecule has 0 atom stereocenters. The molecule has 1 heterocycles. The number of hydrogen-bond acceptors (Lipinski definition) is 3. The molecule has 0 saturated heterocycles. The molecular weight excluding hydrogens is 252 g/mol. The highest BCUT2D eigenvalue weighted by Gasteiger charge is 2.05. The second-order valence-corrected chi connectivity index (χ2v) is 4.64. The molecule has 2 aromatic carbocycles. The maximum Gasteiger partial charge on any atom is 0.228 e. The van der Waals surface area contributed by atoms with Crippen LogP contribution in [-0.2, 0) is 11.2 Å². The number of fused-ring (bicyclic) bond motifs is 1. The van der Waals surface area contributed by atoms with Gasteiger partial charge in [-0.3, -0.25) is 9.89 Å². The van der Waals surface area contributed by atoms with Gasteiger partial charge in [-0.2, -0.15) is 5.10 Å². The van der Waals surface area contributed by atoms with Crippen molar-refractivity contribution in [2.24, 2.45) is 0 Å². The van der Waals surface area contributed by atoms with Gasteiger partial charge >= 0.3 is 0 Å². The highest BCUT2D eigenvalue weighted by molar-refractivity contribution is 5.94. The van der Waals surface area contributed by atoms with E-state index >= 15 is 0 Å². The van der Waals surface area contributed by atoms with Crippen molar-refractivity contribution in [1.82, 2.24) is 10.2 Å². The number of aromatic nitrogens is 2. The van der Waals surface area contributed by atoms with Crippen molar-refractivity contribution in [3.05, 3.63) is 54.2 Å². The van der Waals surface area contributed by atoms with Gasteiger partial charge in [0.05, 0.1) is 18.1 Å². The molecule has 1 amide bonds. The first-order chi connectivity index (χ1) is 9.70. The van der Waals surface area contributed by atoms with Crippen molar-refractivity contribution in [3.8, 4) is 0 Å². The van der Waals surface area contributed by atoms with Crippen molar-refractivity contribution in [3.63, 3.8) is 0 Å². The SMILES string of the molecule is Nc1ccc(CC(=O)Nc2ccc3cn[nH]c3c2)cc1. The summed E-state index contributed by atoms with van der Waals surface area (Å²) in [6.07, 6.45) is 2.07. The minimum absolute atomic E-state index is 0.0614. The van der Waals surface area contributed by atoms with Gasteiger partial charge in [0, 0.05) is 16.8 Å². The Morgan fingerprint density at radius 2 is 2.00 bits per heavy atom. The molecule has 20 heavy (non-hydrogen) atoms. The molecule has 100 valence electrons. The molecule has 0 aliphatic carbocycles. The molecule has 4 N–H and O–H groups in total. The summed E-state index contributed by atoms with van der Waals surface area (Å²) in [6, 6.07) is 12.9. The maximum atomic E-state index is 12.0. The van der Waals surface area contributed by atoms with Gasteiger partial charge in [-0.15, -0.1) is 0 Å². The monoisotopic (exact) mass is 266 g/mol. The zero-order valence-electron chi connectivity index (χ0n) is 10.8. The number of nitrogen functional groups attached to an aromatic ring is 1. The minimum Gasteiger partial charge on any atom is -0.399 e. The second-order valence-electron chi connectivity index (χ2n) is 4.64. The van der Waals surface area contributed by atoms with Crippen LogP contribution in [0.5, 0.6) is 0 Å². The van der Waals surface area contributed by atoms with Gasteiger partial charge in [-0.25, -0.2) is 0 Å². The quantitative estimate of drug-likeness (QED) is 0.636. The molecule has 0 aliphatic heterocycles. The second kappa shape index (κ2) is 5.05. The number of anilines is 2. The smallest absolute Gasteiger partial charge is 0.228 e. The van der Waals surface area contributed by atoms with Gasteiger partial charge in [0.15, 0.2) is 0 Å². The number of aromatic amines is 1. The number of benzene rings is 2. The molecule has 0 unspecified atom stereocenters. The Morgan fingerprint density at radius 1 is 1.20 bits per heavy atom. The fourth-order valence-electron chi connectivity index (χ4n) is 2.04. The third-order valence-electron chi connectivity index (χ3n) is 3.07. The van der Waals surface area contributed by atoms with Crippen LogP contribution in [-0.4, -0.2) is 16.1 Å². The van der Waals surface area contributed by atoms with Crippen LogP contribution in [0.4, 0.5) is 11.4 Å². The summed E-state index contributed by atoms with van der Waals surface area (Å²) < 4.78 is 0. The molecule has 5 nitrogen and oxygen atoms in total. The molecule has 0 aliphatic rings. The molecule has 0 radical (unpaired) electrons. The van der Waals surface area contributed by atoms with Crippen LogP contribution in [0, 0.1) is 0 Å². The number of nitrogens with two attached hydrogens (primary N) is 1. The number of carbonyl (C=O) groups is 1. The molecule has 0 spiro atoms. The van der Waals surface area contributed by atoms with E-state index in [-0.39, 0.29) is 5.91 Å². The van der Waals surface area contributed by atoms with Gasteiger partial charge in [-0.1, -0.05) is 12.1 Å². The van der Waals surface area contributed by atoms with E-state index in [9.17, 15) is 4.79 Å². The Bertz CT molecular complexity index is 746. The lowest BCUT2D eigenvalue weighted by Gasteiger charge is -2.05. The highest BCUT2D eigenvalue weighted by Crippen LogP contribution is 2.17. The van der Waals surface area contributed by atoms with Crippen molar-refractivity contribution in [2.45, 2.75) is 6.42 Å². The van der Waals surface area contributed by atoms with E-state index in [4.69, 9.17) is 5.73 Å². The normalized spacial score (nSPS) is 10.6. The first-order valence-corrected chi connectivity index (χ1v) is 6.28. The van der Waals surface area contributed by atoms with Gasteiger partial charge in [0.2, 0.25) is 5.91 Å². The number of amides is 1. The fraction of sp³-hybridized carbons (Fsp3) is 0.0667. The minimum atomic E-state index is -0.0614. The molecule has 0 fully saturated rings. The Balaban J connectivity index is 1.70. The van der Waals surface area contributed by atoms with Crippen molar-refractivity contribution in [1.29, 1.82) is 0 Å². The fourth-order valence-corrected chi connectivity index (χ4v) is 2.04. The topological polar surface area (TPSA) is 83.8 Å². The number of H-pyrrole nitrogens is 1. The van der Waals surface area contributed by atoms with Gasteiger partial charge in [0.1, 0.15) is 0 Å². The Hall–Kier alpha value is -2.82. The summed E-state index contributed by atoms with van der Waals surface area (Å²) in [6.45, 7) is 0. The van der Waals surface area contributed by atoms with Crippen molar-refractivity contribution in [2.75, 3.05) is 11.1 Å². The predicted octanol–water partition coefficient (Wildman–Crippen LogP) is 2.33. The summed E-state index contributed by atoms with van der Waals surface area (Å²) in [5.41, 5.74) is 8.89. The Morgan fingerprint density at radius 3 is 2.80 bits per heavy atom. The predicted molar refractivity (Wildman–Crippen MR) is 79.3 cm³/mol. The van der Waals surface area contributed by atoms with E-state index in [1.807, 2.05) is 30.3 Å². The van der Waals surface area contributed by atoms with E-state index in [1.165, 1.54) is 0 Å². The summed E-state index contributed by atoms with van der Waals surface area (Å²) >= 11 is 0. The molecule has 3 aromatic rings. The third kappa shape index (κ3) is 2.61. The van der Waals surface area contributed by atoms with Crippen molar-refractivity contribution < 1.29 is 4.79 Å². The zero-order valence-corrected chi connectivity index (χ0v) is 10.8. The van der Waals surface area contributed by atoms with Gasteiger partial charge in [-0.05, 0) is 35.9 Å². The summed E-state index contributed by atoms with van der Waals surface area (Å²) in [5, 5.41) is 10.7. The standard InChI is InChI=1S/C15H14N4O/c16-12-4-1-10(2-5-12)7-15(20)18-13-6-3-11-9-17-19-14(11)8-13/h1-6,8-9H,7,16H2,(H,17,19)(H,18,20). The van der Waals surface area contributed by atoms with E-state index in [0.717, 1.165) is 22.2 Å². The van der Waals surface area contributed by atoms with Crippen LogP contribution in [0.15, 0.2) is 48.7 Å². The summed E-state index contributed by atoms with van der Waals surface area (Å²) in [7, 11) is 0. The lowest BCUT2D eigenvalue weighted by atomic mass is 10.1. The average molecular weight is 266 g/mol. The molecule has 0 saturated carbocycles. The van der Waals surface area contributed by atoms with Crippen LogP contribution in [0.3, 0.4) is 0 Å². The Labute approximate surface area is 115 Å². The summed E-state index contributed by atoms with van der Waals surface area (Å²) in [5.74, 6) is -0.0614. The lowest BCUT2D eigenvalue weighted by Crippen LogP contribution is -2.14. The van der Waals surface area contributed by atoms with Crippen LogP contribution in [0.1, 0.15) is 5.56 Å². The first-order valence-electron chi connectivity index (χ1n) is 6.28. The van der Waals surface area contributed by atoms with Crippen LogP contribution >= 0.6 is 0 Å². The molecule has 3 rings (SSSR count). The van der Waals surface area contributed by atoms with E-state index in [2.05, 4.69) is 15.5 Å². The molecule has 1 aromatic heterocycles. The number of nitrogens with zero attached hydrogens (tertiary/aromatic N) is 1. The average Bonchev–Trinajstić information content (AvgIpc) is 2.89. The highest BCUT2D eigenvalue weighted by atomic mass is 16.1. The van der Waals surface area contributed by atoms with E-state index in [0.29, 0.717) is 12.1 Å². The first kappa shape index (κ1) is 12.2. The van der Waals surface area contributed by atoms with Gasteiger partial charge in [0.25, 0.3) is 0 Å². The lowest BCUT2D eigenvalue weighted by molar-refractivity contribution is -0.115. The zero-order chi connectivity index (χ0) is 13.9. The number of rotatable bonds is 3. The Kier molecular flexibility index (Phi) is 3.09. The van der Waals surface area contributed by atoms with E-state index < -0.39 is 0 Å². The molecular formula is C15H14N4O. The number of carbonyl (C=O) groups excluding carboxylic acids is 1. The maximum absolute atomic E-state index is 12.0. The van der Waals surface area contributed by atoms with Crippen LogP contribution in [0.2, 0.25) is 0 Å².